The average Bonchev–Trinajstić information content (AvgIpc) is 2.68. The zero-order valence-electron chi connectivity index (χ0n) is 10.3. The predicted molar refractivity (Wildman–Crippen MR) is 62.1 cm³/mol. The Balaban J connectivity index is 1.97. The van der Waals surface area contributed by atoms with E-state index in [-0.39, 0.29) is 0 Å². The Morgan fingerprint density at radius 3 is 2.43 bits per heavy atom. The molecule has 0 heterocycles. The minimum absolute atomic E-state index is 0.975. The number of hydrogen-bond donors (Lipinski definition) is 0. The highest BCUT2D eigenvalue weighted by Gasteiger charge is 2.45. The molecule has 0 saturated heterocycles. The summed E-state index contributed by atoms with van der Waals surface area (Å²) in [5.41, 5.74) is 0. The van der Waals surface area contributed by atoms with E-state index in [4.69, 9.17) is 0 Å². The van der Waals surface area contributed by atoms with Gasteiger partial charge in [0.25, 0.3) is 0 Å². The summed E-state index contributed by atoms with van der Waals surface area (Å²) in [7, 11) is 0. The van der Waals surface area contributed by atoms with Gasteiger partial charge in [0.05, 0.1) is 0 Å². The summed E-state index contributed by atoms with van der Waals surface area (Å²) in [6.07, 6.45) is 6.01. The maximum atomic E-state index is 2.49. The lowest BCUT2D eigenvalue weighted by molar-refractivity contribution is 0.288. The van der Waals surface area contributed by atoms with E-state index in [2.05, 4.69) is 27.7 Å². The zero-order valence-corrected chi connectivity index (χ0v) is 10.3. The van der Waals surface area contributed by atoms with Crippen LogP contribution in [0.15, 0.2) is 0 Å². The molecule has 6 unspecified atom stereocenters. The summed E-state index contributed by atoms with van der Waals surface area (Å²) >= 11 is 0. The topological polar surface area (TPSA) is 0 Å². The van der Waals surface area contributed by atoms with Crippen molar-refractivity contribution >= 4 is 0 Å². The van der Waals surface area contributed by atoms with Gasteiger partial charge >= 0.3 is 0 Å². The third-order valence-electron chi connectivity index (χ3n) is 5.48. The molecule has 0 aliphatic heterocycles. The zero-order chi connectivity index (χ0) is 10.3. The van der Waals surface area contributed by atoms with Crippen LogP contribution in [0.25, 0.3) is 0 Å². The molecule has 0 bridgehead atoms. The van der Waals surface area contributed by atoms with Crippen LogP contribution >= 0.6 is 0 Å². The third kappa shape index (κ3) is 1.61. The minimum Gasteiger partial charge on any atom is -0.0651 e. The molecule has 0 radical (unpaired) electrons. The molecule has 0 N–H and O–H groups in total. The molecule has 2 rings (SSSR count). The Morgan fingerprint density at radius 1 is 1.14 bits per heavy atom. The number of hydrogen-bond acceptors (Lipinski definition) is 0. The first-order valence-corrected chi connectivity index (χ1v) is 6.63. The first-order valence-electron chi connectivity index (χ1n) is 6.63. The van der Waals surface area contributed by atoms with Gasteiger partial charge in [0.1, 0.15) is 0 Å². The van der Waals surface area contributed by atoms with Crippen LogP contribution < -0.4 is 0 Å². The van der Waals surface area contributed by atoms with Gasteiger partial charge in [0, 0.05) is 0 Å². The molecular weight excluding hydrogens is 168 g/mol. The van der Waals surface area contributed by atoms with Gasteiger partial charge < -0.3 is 0 Å². The number of fused-ring (bicyclic) bond motifs is 1. The molecule has 0 heteroatoms. The Bertz CT molecular complexity index is 196. The van der Waals surface area contributed by atoms with Crippen LogP contribution in [0, 0.1) is 35.5 Å². The van der Waals surface area contributed by atoms with E-state index in [0.29, 0.717) is 0 Å². The average molecular weight is 194 g/mol. The van der Waals surface area contributed by atoms with E-state index in [9.17, 15) is 0 Å². The maximum Gasteiger partial charge on any atom is -0.0355 e. The van der Waals surface area contributed by atoms with E-state index in [1.165, 1.54) is 12.8 Å². The van der Waals surface area contributed by atoms with Crippen molar-refractivity contribution < 1.29 is 0 Å². The van der Waals surface area contributed by atoms with E-state index in [1.54, 1.807) is 12.8 Å². The van der Waals surface area contributed by atoms with Crippen molar-refractivity contribution in [2.75, 3.05) is 0 Å². The molecule has 0 aromatic rings. The fraction of sp³-hybridized carbons (Fsp3) is 1.00. The van der Waals surface area contributed by atoms with Crippen molar-refractivity contribution in [3.63, 3.8) is 0 Å². The molecular formula is C14H26. The monoisotopic (exact) mass is 194 g/mol. The Hall–Kier alpha value is 0. The van der Waals surface area contributed by atoms with E-state index >= 15 is 0 Å². The van der Waals surface area contributed by atoms with E-state index in [0.717, 1.165) is 35.5 Å². The molecule has 2 fully saturated rings. The fourth-order valence-electron chi connectivity index (χ4n) is 4.03. The highest BCUT2D eigenvalue weighted by Crippen LogP contribution is 2.54. The van der Waals surface area contributed by atoms with Gasteiger partial charge in [-0.2, -0.15) is 0 Å². The van der Waals surface area contributed by atoms with Gasteiger partial charge in [-0.25, -0.2) is 0 Å². The smallest absolute Gasteiger partial charge is 0.0355 e. The SMILES string of the molecule is CCC(C)C1CC2CC(C)C(C)C2C1. The standard InChI is InChI=1S/C14H26/c1-5-9(2)12-7-13-6-10(3)11(4)14(13)8-12/h9-14H,5-8H2,1-4H3. The van der Waals surface area contributed by atoms with Gasteiger partial charge in [-0.05, 0) is 54.8 Å². The molecule has 82 valence electrons. The lowest BCUT2D eigenvalue weighted by atomic mass is 9.84. The second kappa shape index (κ2) is 3.87. The Kier molecular flexibility index (Phi) is 2.91. The second-order valence-electron chi connectivity index (χ2n) is 6.11. The van der Waals surface area contributed by atoms with Gasteiger partial charge in [-0.1, -0.05) is 34.1 Å². The lowest BCUT2D eigenvalue weighted by Crippen LogP contribution is -2.12. The molecule has 6 atom stereocenters. The normalized spacial score (nSPS) is 49.3. The predicted octanol–water partition coefficient (Wildman–Crippen LogP) is 4.35. The first-order chi connectivity index (χ1) is 6.63. The van der Waals surface area contributed by atoms with Crippen LogP contribution in [0.4, 0.5) is 0 Å². The van der Waals surface area contributed by atoms with Gasteiger partial charge in [-0.15, -0.1) is 0 Å². The van der Waals surface area contributed by atoms with Crippen LogP contribution in [-0.4, -0.2) is 0 Å². The molecule has 2 aliphatic rings. The quantitative estimate of drug-likeness (QED) is 0.613. The molecule has 2 saturated carbocycles. The molecule has 0 amide bonds. The van der Waals surface area contributed by atoms with Gasteiger partial charge in [0.2, 0.25) is 0 Å². The van der Waals surface area contributed by atoms with E-state index < -0.39 is 0 Å². The fourth-order valence-corrected chi connectivity index (χ4v) is 4.03. The Labute approximate surface area is 89.5 Å². The molecule has 0 spiro atoms. The molecule has 2 aliphatic carbocycles. The largest absolute Gasteiger partial charge is 0.0651 e. The van der Waals surface area contributed by atoms with Gasteiger partial charge in [0.15, 0.2) is 0 Å². The molecule has 0 aromatic carbocycles. The summed E-state index contributed by atoms with van der Waals surface area (Å²) < 4.78 is 0. The number of rotatable bonds is 2. The van der Waals surface area contributed by atoms with Crippen LogP contribution in [0.1, 0.15) is 53.4 Å². The van der Waals surface area contributed by atoms with Crippen LogP contribution in [0.2, 0.25) is 0 Å². The lowest BCUT2D eigenvalue weighted by Gasteiger charge is -2.21. The highest BCUT2D eigenvalue weighted by molar-refractivity contribution is 4.94. The van der Waals surface area contributed by atoms with Crippen molar-refractivity contribution in [3.8, 4) is 0 Å². The van der Waals surface area contributed by atoms with Crippen LogP contribution in [0.5, 0.6) is 0 Å². The first kappa shape index (κ1) is 10.5. The second-order valence-corrected chi connectivity index (χ2v) is 6.11. The summed E-state index contributed by atoms with van der Waals surface area (Å²) in [6.45, 7) is 9.76. The Morgan fingerprint density at radius 2 is 1.86 bits per heavy atom. The van der Waals surface area contributed by atoms with Crippen molar-refractivity contribution in [2.45, 2.75) is 53.4 Å². The summed E-state index contributed by atoms with van der Waals surface area (Å²) in [4.78, 5) is 0. The van der Waals surface area contributed by atoms with Crippen LogP contribution in [-0.2, 0) is 0 Å². The summed E-state index contributed by atoms with van der Waals surface area (Å²) in [5.74, 6) is 6.23. The van der Waals surface area contributed by atoms with Crippen LogP contribution in [0.3, 0.4) is 0 Å². The van der Waals surface area contributed by atoms with Crippen molar-refractivity contribution in [1.82, 2.24) is 0 Å². The highest BCUT2D eigenvalue weighted by atomic mass is 14.5. The molecule has 0 aromatic heterocycles. The molecule has 14 heavy (non-hydrogen) atoms. The third-order valence-corrected chi connectivity index (χ3v) is 5.48. The van der Waals surface area contributed by atoms with Crippen molar-refractivity contribution in [1.29, 1.82) is 0 Å². The van der Waals surface area contributed by atoms with Crippen molar-refractivity contribution in [3.05, 3.63) is 0 Å². The molecule has 0 nitrogen and oxygen atoms in total. The minimum atomic E-state index is 0.975. The maximum absolute atomic E-state index is 2.49. The van der Waals surface area contributed by atoms with E-state index in [1.807, 2.05) is 0 Å². The summed E-state index contributed by atoms with van der Waals surface area (Å²) in [6, 6.07) is 0. The summed E-state index contributed by atoms with van der Waals surface area (Å²) in [5, 5.41) is 0. The van der Waals surface area contributed by atoms with Gasteiger partial charge in [-0.3, -0.25) is 0 Å². The van der Waals surface area contributed by atoms with Crippen molar-refractivity contribution in [2.24, 2.45) is 35.5 Å².